The van der Waals surface area contributed by atoms with Gasteiger partial charge in [0.25, 0.3) is 0 Å². The first-order valence-corrected chi connectivity index (χ1v) is 9.14. The first-order valence-electron chi connectivity index (χ1n) is 8.76. The number of ether oxygens (including phenoxy) is 1. The van der Waals surface area contributed by atoms with Crippen molar-refractivity contribution in [1.29, 1.82) is 0 Å². The van der Waals surface area contributed by atoms with Crippen LogP contribution in [0.1, 0.15) is 31.4 Å². The molecule has 1 fully saturated rings. The van der Waals surface area contributed by atoms with Gasteiger partial charge in [-0.25, -0.2) is 0 Å². The van der Waals surface area contributed by atoms with Gasteiger partial charge in [0.1, 0.15) is 0 Å². The van der Waals surface area contributed by atoms with E-state index in [1.807, 2.05) is 19.2 Å². The number of hydrogen-bond acceptors (Lipinski definition) is 3. The maximum Gasteiger partial charge on any atom is 0.191 e. The molecule has 7 heteroatoms. The Labute approximate surface area is 173 Å². The number of benzene rings is 1. The Hall–Kier alpha value is -0.570. The summed E-state index contributed by atoms with van der Waals surface area (Å²) in [5.41, 5.74) is 1.26. The Morgan fingerprint density at radius 1 is 1.24 bits per heavy atom. The summed E-state index contributed by atoms with van der Waals surface area (Å²) in [6.07, 6.45) is 2.32. The zero-order chi connectivity index (χ0) is 17.2. The maximum absolute atomic E-state index is 6.04. The van der Waals surface area contributed by atoms with Crippen LogP contribution in [0.15, 0.2) is 29.3 Å². The van der Waals surface area contributed by atoms with E-state index in [1.54, 1.807) is 0 Å². The van der Waals surface area contributed by atoms with Gasteiger partial charge in [-0.1, -0.05) is 37.1 Å². The number of guanidine groups is 1. The number of halogens is 2. The van der Waals surface area contributed by atoms with Gasteiger partial charge in [0.2, 0.25) is 0 Å². The maximum atomic E-state index is 6.04. The number of hydrogen-bond donors (Lipinski definition) is 2. The van der Waals surface area contributed by atoms with Crippen LogP contribution in [-0.2, 0) is 4.74 Å². The Morgan fingerprint density at radius 2 is 1.92 bits per heavy atom. The predicted molar refractivity (Wildman–Crippen MR) is 116 cm³/mol. The second kappa shape index (κ2) is 12.7. The molecule has 1 aliphatic heterocycles. The average molecular weight is 481 g/mol. The predicted octanol–water partition coefficient (Wildman–Crippen LogP) is 3.30. The van der Waals surface area contributed by atoms with Crippen molar-refractivity contribution in [2.24, 2.45) is 4.99 Å². The minimum Gasteiger partial charge on any atom is -0.379 e. The second-order valence-corrected chi connectivity index (χ2v) is 6.39. The lowest BCUT2D eigenvalue weighted by Gasteiger charge is -2.35. The van der Waals surface area contributed by atoms with E-state index < -0.39 is 0 Å². The fourth-order valence-electron chi connectivity index (χ4n) is 2.83. The van der Waals surface area contributed by atoms with Crippen LogP contribution in [0.2, 0.25) is 5.02 Å². The molecular weight excluding hydrogens is 451 g/mol. The van der Waals surface area contributed by atoms with Crippen molar-refractivity contribution in [3.8, 4) is 0 Å². The van der Waals surface area contributed by atoms with Gasteiger partial charge in [-0.2, -0.15) is 0 Å². The summed E-state index contributed by atoms with van der Waals surface area (Å²) in [5.74, 6) is 0.857. The normalized spacial score (nSPS) is 16.8. The molecule has 0 amide bonds. The van der Waals surface area contributed by atoms with E-state index in [4.69, 9.17) is 16.3 Å². The Bertz CT molecular complexity index is 506. The van der Waals surface area contributed by atoms with E-state index in [0.717, 1.165) is 56.8 Å². The van der Waals surface area contributed by atoms with Gasteiger partial charge in [0.05, 0.1) is 19.3 Å². The molecule has 1 saturated heterocycles. The highest BCUT2D eigenvalue weighted by Crippen LogP contribution is 2.23. The lowest BCUT2D eigenvalue weighted by atomic mass is 10.0. The van der Waals surface area contributed by atoms with E-state index in [9.17, 15) is 0 Å². The molecule has 0 bridgehead atoms. The summed E-state index contributed by atoms with van der Waals surface area (Å²) in [4.78, 5) is 6.77. The molecule has 25 heavy (non-hydrogen) atoms. The van der Waals surface area contributed by atoms with Crippen LogP contribution in [-0.4, -0.2) is 57.3 Å². The molecule has 1 heterocycles. The second-order valence-electron chi connectivity index (χ2n) is 5.95. The van der Waals surface area contributed by atoms with Gasteiger partial charge in [0, 0.05) is 38.2 Å². The Balaban J connectivity index is 0.00000312. The van der Waals surface area contributed by atoms with E-state index in [0.29, 0.717) is 0 Å². The number of morpholine rings is 1. The van der Waals surface area contributed by atoms with Crippen molar-refractivity contribution in [1.82, 2.24) is 15.5 Å². The molecule has 1 aromatic rings. The molecule has 0 spiro atoms. The first-order chi connectivity index (χ1) is 11.7. The van der Waals surface area contributed by atoms with Gasteiger partial charge in [-0.15, -0.1) is 24.0 Å². The largest absolute Gasteiger partial charge is 0.379 e. The van der Waals surface area contributed by atoms with Gasteiger partial charge in [0.15, 0.2) is 5.96 Å². The smallest absolute Gasteiger partial charge is 0.191 e. The number of rotatable bonds is 7. The number of nitrogens with one attached hydrogen (secondary N) is 2. The van der Waals surface area contributed by atoms with Crippen molar-refractivity contribution in [2.75, 3.05) is 46.4 Å². The molecule has 0 aliphatic carbocycles. The molecule has 1 aliphatic rings. The molecule has 1 aromatic carbocycles. The fourth-order valence-corrected chi connectivity index (χ4v) is 2.96. The third-order valence-electron chi connectivity index (χ3n) is 4.25. The standard InChI is InChI=1S/C18H29ClN4O.HI/c1-3-4-9-21-18(20-2)22-14-17(23-10-12-24-13-11-23)15-5-7-16(19)8-6-15;/h5-8,17H,3-4,9-14H2,1-2H3,(H2,20,21,22);1H. The summed E-state index contributed by atoms with van der Waals surface area (Å²) in [7, 11) is 1.81. The van der Waals surface area contributed by atoms with Crippen LogP contribution >= 0.6 is 35.6 Å². The van der Waals surface area contributed by atoms with Crippen molar-refractivity contribution in [3.63, 3.8) is 0 Å². The van der Waals surface area contributed by atoms with Crippen molar-refractivity contribution < 1.29 is 4.74 Å². The van der Waals surface area contributed by atoms with Gasteiger partial charge >= 0.3 is 0 Å². The van der Waals surface area contributed by atoms with E-state index in [-0.39, 0.29) is 30.0 Å². The van der Waals surface area contributed by atoms with E-state index in [2.05, 4.69) is 39.6 Å². The summed E-state index contributed by atoms with van der Waals surface area (Å²) >= 11 is 6.04. The van der Waals surface area contributed by atoms with Crippen LogP contribution in [0.3, 0.4) is 0 Å². The lowest BCUT2D eigenvalue weighted by molar-refractivity contribution is 0.0170. The van der Waals surface area contributed by atoms with Crippen LogP contribution < -0.4 is 10.6 Å². The highest BCUT2D eigenvalue weighted by atomic mass is 127. The molecular formula is C18H30ClIN4O. The SMILES string of the molecule is CCCCNC(=NC)NCC(c1ccc(Cl)cc1)N1CCOCC1.I. The van der Waals surface area contributed by atoms with Crippen LogP contribution in [0.5, 0.6) is 0 Å². The molecule has 2 rings (SSSR count). The summed E-state index contributed by atoms with van der Waals surface area (Å²) in [6, 6.07) is 8.41. The van der Waals surface area contributed by atoms with Crippen molar-refractivity contribution >= 4 is 41.5 Å². The quantitative estimate of drug-likeness (QED) is 0.272. The van der Waals surface area contributed by atoms with Crippen LogP contribution in [0.25, 0.3) is 0 Å². The van der Waals surface area contributed by atoms with E-state index in [1.165, 1.54) is 12.0 Å². The molecule has 0 radical (unpaired) electrons. The topological polar surface area (TPSA) is 48.9 Å². The molecule has 0 aromatic heterocycles. The first kappa shape index (κ1) is 22.5. The third-order valence-corrected chi connectivity index (χ3v) is 4.50. The summed E-state index contributed by atoms with van der Waals surface area (Å²) in [6.45, 7) is 7.38. The summed E-state index contributed by atoms with van der Waals surface area (Å²) in [5, 5.41) is 7.59. The molecule has 2 N–H and O–H groups in total. The highest BCUT2D eigenvalue weighted by molar-refractivity contribution is 14.0. The monoisotopic (exact) mass is 480 g/mol. The summed E-state index contributed by atoms with van der Waals surface area (Å²) < 4.78 is 5.50. The Morgan fingerprint density at radius 3 is 2.52 bits per heavy atom. The lowest BCUT2D eigenvalue weighted by Crippen LogP contribution is -2.46. The van der Waals surface area contributed by atoms with E-state index >= 15 is 0 Å². The number of nitrogens with zero attached hydrogens (tertiary/aromatic N) is 2. The van der Waals surface area contributed by atoms with Gasteiger partial charge < -0.3 is 15.4 Å². The van der Waals surface area contributed by atoms with Crippen molar-refractivity contribution in [2.45, 2.75) is 25.8 Å². The molecule has 1 atom stereocenters. The molecule has 0 saturated carbocycles. The third kappa shape index (κ3) is 7.68. The molecule has 142 valence electrons. The zero-order valence-electron chi connectivity index (χ0n) is 15.1. The highest BCUT2D eigenvalue weighted by Gasteiger charge is 2.22. The number of unbranched alkanes of at least 4 members (excludes halogenated alkanes) is 1. The minimum atomic E-state index is 0. The molecule has 1 unspecified atom stereocenters. The minimum absolute atomic E-state index is 0. The van der Waals surface area contributed by atoms with Gasteiger partial charge in [-0.3, -0.25) is 9.89 Å². The fraction of sp³-hybridized carbons (Fsp3) is 0.611. The molecule has 5 nitrogen and oxygen atoms in total. The van der Waals surface area contributed by atoms with Crippen molar-refractivity contribution in [3.05, 3.63) is 34.9 Å². The zero-order valence-corrected chi connectivity index (χ0v) is 18.2. The van der Waals surface area contributed by atoms with Crippen LogP contribution in [0.4, 0.5) is 0 Å². The number of aliphatic imine (C=N–C) groups is 1. The Kier molecular flexibility index (Phi) is 11.4. The average Bonchev–Trinajstić information content (AvgIpc) is 2.63. The van der Waals surface area contributed by atoms with Gasteiger partial charge in [-0.05, 0) is 24.1 Å². The van der Waals surface area contributed by atoms with Crippen LogP contribution in [0, 0.1) is 0 Å².